The van der Waals surface area contributed by atoms with Crippen LogP contribution in [0.4, 0.5) is 4.79 Å². The number of rotatable bonds is 8. The molecular formula is C17H30N6O7S. The molecule has 4 N–H and O–H groups in total. The lowest BCUT2D eigenvalue weighted by Gasteiger charge is -2.29. The van der Waals surface area contributed by atoms with E-state index >= 15 is 0 Å². The van der Waals surface area contributed by atoms with E-state index in [9.17, 15) is 18.0 Å². The van der Waals surface area contributed by atoms with Crippen molar-refractivity contribution in [3.8, 4) is 0 Å². The Morgan fingerprint density at radius 3 is 2.77 bits per heavy atom. The molecular weight excluding hydrogens is 432 g/mol. The van der Waals surface area contributed by atoms with E-state index in [0.29, 0.717) is 30.4 Å². The van der Waals surface area contributed by atoms with Gasteiger partial charge in [-0.15, -0.1) is 4.28 Å². The number of carbonyl (C=O) groups excluding carboxylic acids is 2. The number of nitrogens with one attached hydrogen (secondary N) is 3. The van der Waals surface area contributed by atoms with Crippen LogP contribution in [-0.2, 0) is 24.3 Å². The second kappa shape index (κ2) is 9.52. The lowest BCUT2D eigenvalue weighted by molar-refractivity contribution is -0.139. The molecule has 4 atom stereocenters. The zero-order chi connectivity index (χ0) is 22.0. The SMILES string of the molecule is O=C(NOC[C@@H]1C[C@H](CN2CCNCC2)CN1)[C@@H]1CC[C@@H]2CN1C(=O)N2OS(=O)(=O)O. The molecule has 4 heterocycles. The van der Waals surface area contributed by atoms with Crippen LogP contribution in [0.3, 0.4) is 0 Å². The number of piperidine rings is 1. The van der Waals surface area contributed by atoms with Gasteiger partial charge in [0.1, 0.15) is 6.04 Å². The highest BCUT2D eigenvalue weighted by Crippen LogP contribution is 2.30. The van der Waals surface area contributed by atoms with Gasteiger partial charge in [-0.25, -0.2) is 10.3 Å². The highest BCUT2D eigenvalue weighted by molar-refractivity contribution is 7.80. The number of urea groups is 1. The maximum absolute atomic E-state index is 12.5. The van der Waals surface area contributed by atoms with E-state index in [4.69, 9.17) is 9.39 Å². The summed E-state index contributed by atoms with van der Waals surface area (Å²) in [6.45, 7) is 6.63. The third-order valence-electron chi connectivity index (χ3n) is 6.30. The third-order valence-corrected chi connectivity index (χ3v) is 6.65. The van der Waals surface area contributed by atoms with Gasteiger partial charge in [0.15, 0.2) is 0 Å². The Morgan fingerprint density at radius 2 is 2.03 bits per heavy atom. The lowest BCUT2D eigenvalue weighted by atomic mass is 10.0. The van der Waals surface area contributed by atoms with Gasteiger partial charge in [-0.1, -0.05) is 0 Å². The average Bonchev–Trinajstić information content (AvgIpc) is 3.26. The van der Waals surface area contributed by atoms with Crippen LogP contribution in [0.5, 0.6) is 0 Å². The standard InChI is InChI=1S/C17H30N6O7S/c24-16(15-2-1-14-10-22(15)17(25)23(14)30-31(26,27)28)20-29-11-13-7-12(8-19-13)9-21-5-3-18-4-6-21/h12-15,18-19H,1-11H2,(H,20,24)(H,26,27,28)/t12-,13-,14+,15-/m0/s1. The number of carbonyl (C=O) groups is 2. The van der Waals surface area contributed by atoms with Crippen molar-refractivity contribution in [3.05, 3.63) is 0 Å². The summed E-state index contributed by atoms with van der Waals surface area (Å²) in [4.78, 5) is 34.0. The average molecular weight is 463 g/mol. The van der Waals surface area contributed by atoms with E-state index in [1.54, 1.807) is 0 Å². The number of hydroxylamine groups is 3. The van der Waals surface area contributed by atoms with Gasteiger partial charge in [-0.05, 0) is 31.7 Å². The fourth-order valence-corrected chi connectivity index (χ4v) is 5.20. The largest absolute Gasteiger partial charge is 0.418 e. The molecule has 0 unspecified atom stereocenters. The molecule has 176 valence electrons. The Balaban J connectivity index is 1.19. The molecule has 4 saturated heterocycles. The smallest absolute Gasteiger partial charge is 0.314 e. The molecule has 0 spiro atoms. The second-order valence-corrected chi connectivity index (χ2v) is 9.55. The van der Waals surface area contributed by atoms with Crippen molar-refractivity contribution in [1.82, 2.24) is 31.0 Å². The molecule has 4 rings (SSSR count). The predicted octanol–water partition coefficient (Wildman–Crippen LogP) is -2.08. The van der Waals surface area contributed by atoms with E-state index in [1.807, 2.05) is 0 Å². The Hall–Kier alpha value is -1.55. The summed E-state index contributed by atoms with van der Waals surface area (Å²) in [7, 11) is -4.81. The zero-order valence-corrected chi connectivity index (χ0v) is 18.1. The molecule has 0 aromatic heterocycles. The van der Waals surface area contributed by atoms with Crippen LogP contribution in [0.1, 0.15) is 19.3 Å². The highest BCUT2D eigenvalue weighted by Gasteiger charge is 2.49. The number of nitrogens with zero attached hydrogens (tertiary/aromatic N) is 3. The lowest BCUT2D eigenvalue weighted by Crippen LogP contribution is -2.50. The summed E-state index contributed by atoms with van der Waals surface area (Å²) in [6, 6.07) is -1.94. The van der Waals surface area contributed by atoms with Gasteiger partial charge in [0.25, 0.3) is 5.91 Å². The number of fused-ring (bicyclic) bond motifs is 2. The van der Waals surface area contributed by atoms with Gasteiger partial charge in [-0.2, -0.15) is 13.5 Å². The molecule has 13 nitrogen and oxygen atoms in total. The first-order valence-electron chi connectivity index (χ1n) is 10.6. The Morgan fingerprint density at radius 1 is 1.26 bits per heavy atom. The van der Waals surface area contributed by atoms with Crippen molar-refractivity contribution >= 4 is 22.3 Å². The summed E-state index contributed by atoms with van der Waals surface area (Å²) in [5.74, 6) is 0.0876. The van der Waals surface area contributed by atoms with E-state index in [1.165, 1.54) is 4.90 Å². The van der Waals surface area contributed by atoms with Gasteiger partial charge >= 0.3 is 16.4 Å². The van der Waals surface area contributed by atoms with E-state index in [0.717, 1.165) is 45.7 Å². The molecule has 4 aliphatic heterocycles. The molecule has 4 fully saturated rings. The van der Waals surface area contributed by atoms with Gasteiger partial charge in [0.05, 0.1) is 12.6 Å². The normalized spacial score (nSPS) is 32.0. The first kappa shape index (κ1) is 22.6. The minimum absolute atomic E-state index is 0.143. The number of hydrogen-bond acceptors (Lipinski definition) is 9. The monoisotopic (exact) mass is 462 g/mol. The molecule has 14 heteroatoms. The van der Waals surface area contributed by atoms with Crippen LogP contribution in [0.25, 0.3) is 0 Å². The number of hydrogen-bond donors (Lipinski definition) is 4. The molecule has 0 aromatic carbocycles. The van der Waals surface area contributed by atoms with E-state index < -0.39 is 34.4 Å². The van der Waals surface area contributed by atoms with E-state index in [2.05, 4.69) is 25.3 Å². The van der Waals surface area contributed by atoms with Gasteiger partial charge in [0, 0.05) is 45.3 Å². The van der Waals surface area contributed by atoms with Gasteiger partial charge < -0.3 is 20.4 Å². The van der Waals surface area contributed by atoms with Crippen molar-refractivity contribution in [3.63, 3.8) is 0 Å². The third kappa shape index (κ3) is 5.63. The molecule has 31 heavy (non-hydrogen) atoms. The van der Waals surface area contributed by atoms with Crippen LogP contribution in [0.15, 0.2) is 0 Å². The topological polar surface area (TPSA) is 153 Å². The van der Waals surface area contributed by atoms with Crippen LogP contribution >= 0.6 is 0 Å². The van der Waals surface area contributed by atoms with Crippen molar-refractivity contribution in [1.29, 1.82) is 0 Å². The van der Waals surface area contributed by atoms with Crippen molar-refractivity contribution in [2.24, 2.45) is 5.92 Å². The summed E-state index contributed by atoms with van der Waals surface area (Å²) in [5, 5.41) is 7.39. The zero-order valence-electron chi connectivity index (χ0n) is 17.2. The maximum atomic E-state index is 12.5. The quantitative estimate of drug-likeness (QED) is 0.234. The Labute approximate surface area is 181 Å². The molecule has 0 saturated carbocycles. The van der Waals surface area contributed by atoms with Crippen LogP contribution in [0.2, 0.25) is 0 Å². The minimum Gasteiger partial charge on any atom is -0.314 e. The molecule has 0 aromatic rings. The first-order chi connectivity index (χ1) is 14.8. The van der Waals surface area contributed by atoms with Crippen molar-refractivity contribution < 1.29 is 31.7 Å². The Kier molecular flexibility index (Phi) is 6.95. The molecule has 2 bridgehead atoms. The molecule has 4 aliphatic rings. The summed E-state index contributed by atoms with van der Waals surface area (Å²) < 4.78 is 35.1. The first-order valence-corrected chi connectivity index (χ1v) is 12.0. The number of piperazine rings is 1. The van der Waals surface area contributed by atoms with Crippen LogP contribution in [-0.4, -0.2) is 110 Å². The summed E-state index contributed by atoms with van der Waals surface area (Å²) in [6.07, 6.45) is 1.68. The Bertz CT molecular complexity index is 777. The molecule has 3 amide bonds. The summed E-state index contributed by atoms with van der Waals surface area (Å²) in [5.41, 5.74) is 2.42. The van der Waals surface area contributed by atoms with Crippen molar-refractivity contribution in [2.75, 3.05) is 52.4 Å². The van der Waals surface area contributed by atoms with Gasteiger partial charge in [-0.3, -0.25) is 14.2 Å². The van der Waals surface area contributed by atoms with E-state index in [-0.39, 0.29) is 12.6 Å². The van der Waals surface area contributed by atoms with Crippen LogP contribution in [0, 0.1) is 5.92 Å². The molecule has 0 radical (unpaired) electrons. The fraction of sp³-hybridized carbons (Fsp3) is 0.882. The highest BCUT2D eigenvalue weighted by atomic mass is 32.3. The number of amides is 3. The van der Waals surface area contributed by atoms with Crippen LogP contribution < -0.4 is 16.1 Å². The predicted molar refractivity (Wildman–Crippen MR) is 107 cm³/mol. The van der Waals surface area contributed by atoms with Gasteiger partial charge in [0.2, 0.25) is 0 Å². The maximum Gasteiger partial charge on any atom is 0.418 e. The second-order valence-electron chi connectivity index (χ2n) is 8.54. The fourth-order valence-electron chi connectivity index (χ4n) is 4.81. The summed E-state index contributed by atoms with van der Waals surface area (Å²) >= 11 is 0. The molecule has 0 aliphatic carbocycles. The minimum atomic E-state index is -4.81. The van der Waals surface area contributed by atoms with Crippen molar-refractivity contribution in [2.45, 2.75) is 37.4 Å².